The quantitative estimate of drug-likeness (QED) is 0.545. The standard InChI is InChI=1S/C26H31N3O6/c1-18-3-4-19(2)24(13-18)34-16-22(30)20-5-6-23-21(14-20)29(26(32)17-35-23)15-25(31)27-7-8-28-9-11-33-12-10-28/h3-6,13-14H,7-12,15-17H2,1-2H3,(H,27,31). The van der Waals surface area contributed by atoms with Gasteiger partial charge in [-0.05, 0) is 49.2 Å². The van der Waals surface area contributed by atoms with Crippen molar-refractivity contribution in [3.8, 4) is 11.5 Å². The Morgan fingerprint density at radius 2 is 1.89 bits per heavy atom. The molecule has 1 fully saturated rings. The smallest absolute Gasteiger partial charge is 0.265 e. The predicted molar refractivity (Wildman–Crippen MR) is 130 cm³/mol. The fourth-order valence-electron chi connectivity index (χ4n) is 4.02. The number of carbonyl (C=O) groups excluding carboxylic acids is 3. The van der Waals surface area contributed by atoms with E-state index in [0.29, 0.717) is 42.5 Å². The van der Waals surface area contributed by atoms with Crippen LogP contribution >= 0.6 is 0 Å². The highest BCUT2D eigenvalue weighted by atomic mass is 16.5. The Morgan fingerprint density at radius 1 is 1.09 bits per heavy atom. The van der Waals surface area contributed by atoms with Gasteiger partial charge in [0.1, 0.15) is 18.0 Å². The summed E-state index contributed by atoms with van der Waals surface area (Å²) in [4.78, 5) is 41.6. The summed E-state index contributed by atoms with van der Waals surface area (Å²) in [5.41, 5.74) is 2.77. The molecule has 2 aliphatic heterocycles. The van der Waals surface area contributed by atoms with Crippen molar-refractivity contribution in [2.45, 2.75) is 13.8 Å². The molecule has 0 unspecified atom stereocenters. The molecule has 0 saturated carbocycles. The number of amides is 2. The summed E-state index contributed by atoms with van der Waals surface area (Å²) >= 11 is 0. The van der Waals surface area contributed by atoms with Gasteiger partial charge in [0.05, 0.1) is 18.9 Å². The third-order valence-corrected chi connectivity index (χ3v) is 6.08. The SMILES string of the molecule is Cc1ccc(C)c(OCC(=O)c2ccc3c(c2)N(CC(=O)NCCN2CCOCC2)C(=O)CO3)c1. The summed E-state index contributed by atoms with van der Waals surface area (Å²) in [6.07, 6.45) is 0. The lowest BCUT2D eigenvalue weighted by Gasteiger charge is -2.29. The molecule has 0 atom stereocenters. The van der Waals surface area contributed by atoms with E-state index in [1.165, 1.54) is 4.90 Å². The van der Waals surface area contributed by atoms with Gasteiger partial charge in [0, 0.05) is 31.7 Å². The van der Waals surface area contributed by atoms with Crippen molar-refractivity contribution in [3.05, 3.63) is 53.1 Å². The minimum Gasteiger partial charge on any atom is -0.485 e. The van der Waals surface area contributed by atoms with E-state index in [4.69, 9.17) is 14.2 Å². The van der Waals surface area contributed by atoms with E-state index in [-0.39, 0.29) is 37.4 Å². The Morgan fingerprint density at radius 3 is 2.69 bits per heavy atom. The minimum absolute atomic E-state index is 0.139. The number of ketones is 1. The Labute approximate surface area is 204 Å². The van der Waals surface area contributed by atoms with E-state index in [1.54, 1.807) is 18.2 Å². The van der Waals surface area contributed by atoms with Crippen molar-refractivity contribution in [2.75, 3.05) is 64.1 Å². The molecular formula is C26H31N3O6. The molecule has 2 aliphatic rings. The molecule has 0 bridgehead atoms. The maximum atomic E-state index is 12.8. The van der Waals surface area contributed by atoms with E-state index >= 15 is 0 Å². The second-order valence-corrected chi connectivity index (χ2v) is 8.74. The minimum atomic E-state index is -0.336. The number of ether oxygens (including phenoxy) is 3. The molecule has 0 aliphatic carbocycles. The molecule has 2 aromatic rings. The van der Waals surface area contributed by atoms with E-state index in [2.05, 4.69) is 10.2 Å². The molecule has 0 spiro atoms. The van der Waals surface area contributed by atoms with Gasteiger partial charge in [0.15, 0.2) is 19.0 Å². The second-order valence-electron chi connectivity index (χ2n) is 8.74. The van der Waals surface area contributed by atoms with Gasteiger partial charge in [-0.25, -0.2) is 0 Å². The Hall–Kier alpha value is -3.43. The maximum Gasteiger partial charge on any atom is 0.265 e. The average molecular weight is 482 g/mol. The zero-order valence-electron chi connectivity index (χ0n) is 20.2. The average Bonchev–Trinajstić information content (AvgIpc) is 2.86. The zero-order valence-corrected chi connectivity index (χ0v) is 20.2. The number of hydrogen-bond acceptors (Lipinski definition) is 7. The molecule has 0 aromatic heterocycles. The van der Waals surface area contributed by atoms with Gasteiger partial charge in [0.2, 0.25) is 5.91 Å². The molecule has 4 rings (SSSR count). The normalized spacial score (nSPS) is 15.8. The lowest BCUT2D eigenvalue weighted by atomic mass is 10.1. The van der Waals surface area contributed by atoms with E-state index in [9.17, 15) is 14.4 Å². The number of aryl methyl sites for hydroxylation is 2. The summed E-state index contributed by atoms with van der Waals surface area (Å²) in [5.74, 6) is 0.274. The van der Waals surface area contributed by atoms with Crippen molar-refractivity contribution in [1.29, 1.82) is 0 Å². The van der Waals surface area contributed by atoms with Crippen LogP contribution in [0.2, 0.25) is 0 Å². The van der Waals surface area contributed by atoms with Crippen LogP contribution in [-0.4, -0.2) is 81.6 Å². The van der Waals surface area contributed by atoms with Crippen molar-refractivity contribution in [3.63, 3.8) is 0 Å². The Balaban J connectivity index is 1.38. The third kappa shape index (κ3) is 6.37. The van der Waals surface area contributed by atoms with Crippen molar-refractivity contribution >= 4 is 23.3 Å². The topological polar surface area (TPSA) is 97.4 Å². The lowest BCUT2D eigenvalue weighted by Crippen LogP contribution is -2.47. The van der Waals surface area contributed by atoms with Gasteiger partial charge < -0.3 is 19.5 Å². The molecule has 1 saturated heterocycles. The fraction of sp³-hybridized carbons (Fsp3) is 0.423. The van der Waals surface area contributed by atoms with Crippen LogP contribution in [-0.2, 0) is 14.3 Å². The summed E-state index contributed by atoms with van der Waals surface area (Å²) in [6, 6.07) is 10.7. The summed E-state index contributed by atoms with van der Waals surface area (Å²) in [5, 5.41) is 2.87. The van der Waals surface area contributed by atoms with Crippen LogP contribution in [0.15, 0.2) is 36.4 Å². The largest absolute Gasteiger partial charge is 0.485 e. The molecule has 9 heteroatoms. The van der Waals surface area contributed by atoms with Gasteiger partial charge >= 0.3 is 0 Å². The molecular weight excluding hydrogens is 450 g/mol. The van der Waals surface area contributed by atoms with Gasteiger partial charge in [0.25, 0.3) is 5.91 Å². The number of nitrogens with one attached hydrogen (secondary N) is 1. The van der Waals surface area contributed by atoms with Crippen LogP contribution < -0.4 is 19.7 Å². The molecule has 35 heavy (non-hydrogen) atoms. The van der Waals surface area contributed by atoms with Gasteiger partial charge in [-0.1, -0.05) is 12.1 Å². The number of benzene rings is 2. The van der Waals surface area contributed by atoms with Crippen LogP contribution in [0.5, 0.6) is 11.5 Å². The monoisotopic (exact) mass is 481 g/mol. The third-order valence-electron chi connectivity index (χ3n) is 6.08. The van der Waals surface area contributed by atoms with Gasteiger partial charge in [-0.2, -0.15) is 0 Å². The molecule has 0 radical (unpaired) electrons. The fourth-order valence-corrected chi connectivity index (χ4v) is 4.02. The summed E-state index contributed by atoms with van der Waals surface area (Å²) in [6.45, 7) is 7.73. The van der Waals surface area contributed by atoms with Crippen LogP contribution in [0.25, 0.3) is 0 Å². The molecule has 1 N–H and O–H groups in total. The first-order valence-electron chi connectivity index (χ1n) is 11.8. The van der Waals surface area contributed by atoms with Crippen LogP contribution in [0.4, 0.5) is 5.69 Å². The van der Waals surface area contributed by atoms with Crippen LogP contribution in [0, 0.1) is 13.8 Å². The Bertz CT molecular complexity index is 1100. The number of anilines is 1. The van der Waals surface area contributed by atoms with Crippen molar-refractivity contribution in [2.24, 2.45) is 0 Å². The highest BCUT2D eigenvalue weighted by Crippen LogP contribution is 2.33. The molecule has 2 amide bonds. The first-order chi connectivity index (χ1) is 16.9. The van der Waals surface area contributed by atoms with E-state index < -0.39 is 0 Å². The number of rotatable bonds is 9. The van der Waals surface area contributed by atoms with E-state index in [1.807, 2.05) is 32.0 Å². The molecule has 186 valence electrons. The molecule has 2 heterocycles. The molecule has 9 nitrogen and oxygen atoms in total. The van der Waals surface area contributed by atoms with Crippen molar-refractivity contribution < 1.29 is 28.6 Å². The van der Waals surface area contributed by atoms with Crippen LogP contribution in [0.1, 0.15) is 21.5 Å². The van der Waals surface area contributed by atoms with E-state index in [0.717, 1.165) is 30.8 Å². The van der Waals surface area contributed by atoms with Gasteiger partial charge in [-0.3, -0.25) is 24.2 Å². The highest BCUT2D eigenvalue weighted by Gasteiger charge is 2.28. The zero-order chi connectivity index (χ0) is 24.8. The predicted octanol–water partition coefficient (Wildman–Crippen LogP) is 1.74. The van der Waals surface area contributed by atoms with Crippen LogP contribution in [0.3, 0.4) is 0 Å². The number of hydrogen-bond donors (Lipinski definition) is 1. The van der Waals surface area contributed by atoms with Gasteiger partial charge in [-0.15, -0.1) is 0 Å². The number of nitrogens with zero attached hydrogens (tertiary/aromatic N) is 2. The number of morpholine rings is 1. The number of carbonyl (C=O) groups is 3. The summed E-state index contributed by atoms with van der Waals surface area (Å²) in [7, 11) is 0. The maximum absolute atomic E-state index is 12.8. The molecule has 2 aromatic carbocycles. The first kappa shape index (κ1) is 24.7. The Kier molecular flexibility index (Phi) is 7.99. The lowest BCUT2D eigenvalue weighted by molar-refractivity contribution is -0.125. The number of Topliss-reactive ketones (excluding diaryl/α,β-unsaturated/α-hetero) is 1. The number of fused-ring (bicyclic) bond motifs is 1. The summed E-state index contributed by atoms with van der Waals surface area (Å²) < 4.78 is 16.6. The first-order valence-corrected chi connectivity index (χ1v) is 11.8. The highest BCUT2D eigenvalue weighted by molar-refractivity contribution is 6.04. The second kappa shape index (κ2) is 11.3. The van der Waals surface area contributed by atoms with Crippen molar-refractivity contribution in [1.82, 2.24) is 10.2 Å².